The molecule has 0 fully saturated rings. The molecule has 4 aromatic heterocycles. The summed E-state index contributed by atoms with van der Waals surface area (Å²) in [5, 5.41) is 7.23. The van der Waals surface area contributed by atoms with Gasteiger partial charge in [-0.1, -0.05) is 12.7 Å². The van der Waals surface area contributed by atoms with E-state index in [1.807, 2.05) is 26.0 Å². The standard InChI is InChI=1S/C29H26FN9O2/c1-5-25(40)38-9-8-19(10-16(38)2)28-31-13-22-27(37-28)29(34-14-32-22)36-21-6-7-23(18(4)26(21)30)41-20-11-17(3)39-24(12-20)33-15-35-39/h5-8,11-16H,1,9-10H2,2-4H3,(H,32,34,36)/t16-/m0/s1. The van der Waals surface area contributed by atoms with Crippen LogP contribution < -0.4 is 10.1 Å². The molecule has 6 rings (SSSR count). The molecule has 1 amide bonds. The smallest absolute Gasteiger partial charge is 0.246 e. The van der Waals surface area contributed by atoms with E-state index in [4.69, 9.17) is 9.72 Å². The lowest BCUT2D eigenvalue weighted by molar-refractivity contribution is -0.127. The molecular formula is C29H26FN9O2. The molecule has 206 valence electrons. The molecular weight excluding hydrogens is 525 g/mol. The van der Waals surface area contributed by atoms with Gasteiger partial charge in [-0.2, -0.15) is 5.10 Å². The lowest BCUT2D eigenvalue weighted by atomic mass is 10.0. The van der Waals surface area contributed by atoms with Crippen molar-refractivity contribution in [2.75, 3.05) is 11.9 Å². The second-order valence-electron chi connectivity index (χ2n) is 9.77. The Hall–Kier alpha value is -5.26. The lowest BCUT2D eigenvalue weighted by Crippen LogP contribution is -2.40. The summed E-state index contributed by atoms with van der Waals surface area (Å²) in [5.74, 6) is 1.14. The molecule has 0 unspecified atom stereocenters. The molecule has 12 heteroatoms. The third kappa shape index (κ3) is 4.84. The van der Waals surface area contributed by atoms with Gasteiger partial charge in [-0.3, -0.25) is 4.79 Å². The van der Waals surface area contributed by atoms with E-state index in [-0.39, 0.29) is 17.6 Å². The number of pyridine rings is 1. The van der Waals surface area contributed by atoms with Gasteiger partial charge in [0.05, 0.1) is 11.9 Å². The van der Waals surface area contributed by atoms with E-state index >= 15 is 4.39 Å². The van der Waals surface area contributed by atoms with Crippen molar-refractivity contribution < 1.29 is 13.9 Å². The zero-order valence-corrected chi connectivity index (χ0v) is 22.7. The van der Waals surface area contributed by atoms with Crippen LogP contribution >= 0.6 is 0 Å². The molecule has 1 aliphatic heterocycles. The first-order valence-corrected chi connectivity index (χ1v) is 13.0. The highest BCUT2D eigenvalue weighted by atomic mass is 19.1. The number of ether oxygens (including phenoxy) is 1. The monoisotopic (exact) mass is 551 g/mol. The second-order valence-corrected chi connectivity index (χ2v) is 9.77. The highest BCUT2D eigenvalue weighted by molar-refractivity contribution is 5.89. The minimum absolute atomic E-state index is 0.0376. The van der Waals surface area contributed by atoms with Crippen molar-refractivity contribution in [3.05, 3.63) is 84.7 Å². The van der Waals surface area contributed by atoms with Crippen LogP contribution in [0.15, 0.2) is 61.8 Å². The number of rotatable bonds is 6. The first-order chi connectivity index (χ1) is 19.8. The Balaban J connectivity index is 1.28. The van der Waals surface area contributed by atoms with Gasteiger partial charge in [-0.15, -0.1) is 0 Å². The minimum Gasteiger partial charge on any atom is -0.457 e. The maximum atomic E-state index is 15.6. The summed E-state index contributed by atoms with van der Waals surface area (Å²) in [6.45, 7) is 9.52. The van der Waals surface area contributed by atoms with Crippen molar-refractivity contribution in [1.29, 1.82) is 0 Å². The molecule has 0 radical (unpaired) electrons. The molecule has 5 aromatic rings. The number of nitrogens with one attached hydrogen (secondary N) is 1. The average molecular weight is 552 g/mol. The van der Waals surface area contributed by atoms with Crippen LogP contribution in [0.2, 0.25) is 0 Å². The van der Waals surface area contributed by atoms with E-state index in [0.717, 1.165) is 11.3 Å². The van der Waals surface area contributed by atoms with E-state index in [2.05, 4.69) is 36.9 Å². The van der Waals surface area contributed by atoms with Crippen LogP contribution in [-0.4, -0.2) is 57.9 Å². The molecule has 1 aromatic carbocycles. The predicted molar refractivity (Wildman–Crippen MR) is 151 cm³/mol. The molecule has 41 heavy (non-hydrogen) atoms. The van der Waals surface area contributed by atoms with Crippen molar-refractivity contribution in [2.24, 2.45) is 0 Å². The Morgan fingerprint density at radius 1 is 1.17 bits per heavy atom. The van der Waals surface area contributed by atoms with Crippen molar-refractivity contribution in [3.63, 3.8) is 0 Å². The van der Waals surface area contributed by atoms with Crippen LogP contribution in [0.1, 0.15) is 30.4 Å². The van der Waals surface area contributed by atoms with Crippen molar-refractivity contribution in [3.8, 4) is 11.5 Å². The number of amides is 1. The quantitative estimate of drug-likeness (QED) is 0.292. The number of fused-ring (bicyclic) bond motifs is 2. The van der Waals surface area contributed by atoms with Gasteiger partial charge in [0.15, 0.2) is 23.1 Å². The molecule has 5 heterocycles. The van der Waals surface area contributed by atoms with Crippen LogP contribution in [0.5, 0.6) is 11.5 Å². The minimum atomic E-state index is -0.486. The topological polar surface area (TPSA) is 123 Å². The third-order valence-electron chi connectivity index (χ3n) is 7.05. The van der Waals surface area contributed by atoms with E-state index in [0.29, 0.717) is 58.4 Å². The summed E-state index contributed by atoms with van der Waals surface area (Å²) in [6, 6.07) is 6.80. The maximum absolute atomic E-state index is 15.6. The van der Waals surface area contributed by atoms with Crippen molar-refractivity contribution in [1.82, 2.24) is 39.4 Å². The average Bonchev–Trinajstić information content (AvgIpc) is 3.46. The van der Waals surface area contributed by atoms with E-state index in [9.17, 15) is 4.79 Å². The summed E-state index contributed by atoms with van der Waals surface area (Å²) in [6.07, 6.45) is 8.29. The van der Waals surface area contributed by atoms with Gasteiger partial charge in [-0.25, -0.2) is 33.8 Å². The predicted octanol–water partition coefficient (Wildman–Crippen LogP) is 4.94. The van der Waals surface area contributed by atoms with Gasteiger partial charge in [0.25, 0.3) is 0 Å². The van der Waals surface area contributed by atoms with Crippen LogP contribution in [0.25, 0.3) is 22.3 Å². The number of benzene rings is 1. The van der Waals surface area contributed by atoms with E-state index in [1.54, 1.807) is 40.7 Å². The Kier molecular flexibility index (Phi) is 6.58. The van der Waals surface area contributed by atoms with Crippen LogP contribution in [-0.2, 0) is 4.79 Å². The Bertz CT molecular complexity index is 1870. The molecule has 0 saturated heterocycles. The summed E-state index contributed by atoms with van der Waals surface area (Å²) in [7, 11) is 0. The summed E-state index contributed by atoms with van der Waals surface area (Å²) >= 11 is 0. The normalized spacial score (nSPS) is 15.2. The molecule has 0 bridgehead atoms. The molecule has 1 atom stereocenters. The van der Waals surface area contributed by atoms with Gasteiger partial charge < -0.3 is 15.0 Å². The lowest BCUT2D eigenvalue weighted by Gasteiger charge is -2.31. The van der Waals surface area contributed by atoms with Crippen molar-refractivity contribution in [2.45, 2.75) is 33.2 Å². The molecule has 0 aliphatic carbocycles. The fraction of sp³-hybridized carbons (Fsp3) is 0.207. The summed E-state index contributed by atoms with van der Waals surface area (Å²) in [5.41, 5.74) is 3.87. The SMILES string of the molecule is C=CC(=O)N1CC=C(c2ncc3ncnc(Nc4ccc(Oc5cc(C)n6ncnc6c5)c(C)c4F)c3n2)C[C@@H]1C. The molecule has 0 saturated carbocycles. The van der Waals surface area contributed by atoms with E-state index in [1.165, 1.54) is 18.7 Å². The number of anilines is 2. The zero-order chi connectivity index (χ0) is 28.7. The summed E-state index contributed by atoms with van der Waals surface area (Å²) in [4.78, 5) is 35.9. The number of carbonyl (C=O) groups is 1. The summed E-state index contributed by atoms with van der Waals surface area (Å²) < 4.78 is 23.3. The van der Waals surface area contributed by atoms with Gasteiger partial charge in [0.2, 0.25) is 5.91 Å². The number of halogens is 1. The number of aromatic nitrogens is 7. The van der Waals surface area contributed by atoms with Gasteiger partial charge in [0.1, 0.15) is 35.2 Å². The Morgan fingerprint density at radius 3 is 2.83 bits per heavy atom. The van der Waals surface area contributed by atoms with Gasteiger partial charge >= 0.3 is 0 Å². The second kappa shape index (κ2) is 10.4. The maximum Gasteiger partial charge on any atom is 0.246 e. The number of nitrogens with zero attached hydrogens (tertiary/aromatic N) is 8. The van der Waals surface area contributed by atoms with Gasteiger partial charge in [-0.05, 0) is 51.0 Å². The van der Waals surface area contributed by atoms with Crippen LogP contribution in [0.4, 0.5) is 15.9 Å². The molecule has 1 aliphatic rings. The first kappa shape index (κ1) is 26.0. The fourth-order valence-electron chi connectivity index (χ4n) is 4.85. The molecule has 0 spiro atoms. The van der Waals surface area contributed by atoms with Crippen molar-refractivity contribution >= 4 is 39.7 Å². The van der Waals surface area contributed by atoms with Gasteiger partial charge in [0, 0.05) is 36.0 Å². The largest absolute Gasteiger partial charge is 0.457 e. The Morgan fingerprint density at radius 2 is 2.02 bits per heavy atom. The molecule has 1 N–H and O–H groups in total. The highest BCUT2D eigenvalue weighted by Crippen LogP contribution is 2.33. The highest BCUT2D eigenvalue weighted by Gasteiger charge is 2.24. The number of hydrogen-bond donors (Lipinski definition) is 1. The fourth-order valence-corrected chi connectivity index (χ4v) is 4.85. The van der Waals surface area contributed by atoms with Crippen LogP contribution in [0.3, 0.4) is 0 Å². The number of carbonyl (C=O) groups excluding carboxylic acids is 1. The molecule has 11 nitrogen and oxygen atoms in total. The Labute approximate surface area is 234 Å². The number of hydrogen-bond acceptors (Lipinski definition) is 9. The zero-order valence-electron chi connectivity index (χ0n) is 22.7. The first-order valence-electron chi connectivity index (χ1n) is 13.0. The van der Waals surface area contributed by atoms with Crippen LogP contribution in [0, 0.1) is 19.7 Å². The third-order valence-corrected chi connectivity index (χ3v) is 7.05. The number of aryl methyl sites for hydroxylation is 1. The van der Waals surface area contributed by atoms with E-state index < -0.39 is 5.82 Å².